The largest absolute Gasteiger partial charge is 0.349 e. The zero-order valence-corrected chi connectivity index (χ0v) is 18.5. The van der Waals surface area contributed by atoms with Crippen molar-refractivity contribution in [1.82, 2.24) is 5.32 Å². The van der Waals surface area contributed by atoms with Crippen LogP contribution in [-0.4, -0.2) is 24.9 Å². The molecule has 0 radical (unpaired) electrons. The Bertz CT molecular complexity index is 1000. The summed E-state index contributed by atoms with van der Waals surface area (Å²) >= 11 is 0. The first-order valence-electron chi connectivity index (χ1n) is 11.4. The highest BCUT2D eigenvalue weighted by molar-refractivity contribution is 6.07. The molecule has 3 aromatic carbocycles. The van der Waals surface area contributed by atoms with Crippen molar-refractivity contribution in [3.8, 4) is 0 Å². The Morgan fingerprint density at radius 3 is 1.91 bits per heavy atom. The predicted molar refractivity (Wildman–Crippen MR) is 129 cm³/mol. The third kappa shape index (κ3) is 4.91. The average molecular weight is 427 g/mol. The molecule has 1 saturated carbocycles. The van der Waals surface area contributed by atoms with Crippen molar-refractivity contribution in [3.63, 3.8) is 0 Å². The van der Waals surface area contributed by atoms with E-state index in [-0.39, 0.29) is 17.9 Å². The van der Waals surface area contributed by atoms with E-state index in [4.69, 9.17) is 0 Å². The molecular weight excluding hydrogens is 396 g/mol. The standard InChI is InChI=1S/C28H30N2O2/c1-30(25-20-12-11-19-24(25)27(31)29-23-17-9-4-10-18-23)28(32)26(21-13-5-2-6-14-21)22-15-7-3-8-16-22/h2-3,5-8,11-16,19-20,23,26H,4,9-10,17-18H2,1H3,(H,29,31). The van der Waals surface area contributed by atoms with Crippen molar-refractivity contribution in [2.24, 2.45) is 0 Å². The van der Waals surface area contributed by atoms with Crippen molar-refractivity contribution >= 4 is 17.5 Å². The maximum absolute atomic E-state index is 13.8. The predicted octanol–water partition coefficient (Wildman–Crippen LogP) is 5.54. The Kier molecular flexibility index (Phi) is 7.00. The first-order valence-corrected chi connectivity index (χ1v) is 11.4. The minimum atomic E-state index is -0.447. The Labute approximate surface area is 190 Å². The molecule has 0 atom stereocenters. The molecule has 0 heterocycles. The molecule has 4 nitrogen and oxygen atoms in total. The summed E-state index contributed by atoms with van der Waals surface area (Å²) in [6.07, 6.45) is 5.59. The second-order valence-electron chi connectivity index (χ2n) is 8.48. The van der Waals surface area contributed by atoms with E-state index in [0.29, 0.717) is 11.3 Å². The summed E-state index contributed by atoms with van der Waals surface area (Å²) in [7, 11) is 1.76. The van der Waals surface area contributed by atoms with Crippen LogP contribution in [0, 0.1) is 0 Å². The topological polar surface area (TPSA) is 49.4 Å². The van der Waals surface area contributed by atoms with Gasteiger partial charge in [-0.25, -0.2) is 0 Å². The molecule has 1 aliphatic carbocycles. The quantitative estimate of drug-likeness (QED) is 0.562. The zero-order chi connectivity index (χ0) is 22.3. The number of carbonyl (C=O) groups is 2. The van der Waals surface area contributed by atoms with Crippen LogP contribution in [0.1, 0.15) is 59.5 Å². The molecule has 2 amide bonds. The molecule has 0 aromatic heterocycles. The average Bonchev–Trinajstić information content (AvgIpc) is 2.85. The lowest BCUT2D eigenvalue weighted by molar-refractivity contribution is -0.118. The van der Waals surface area contributed by atoms with Gasteiger partial charge in [-0.3, -0.25) is 9.59 Å². The summed E-state index contributed by atoms with van der Waals surface area (Å²) in [5.74, 6) is -0.625. The van der Waals surface area contributed by atoms with Gasteiger partial charge >= 0.3 is 0 Å². The SMILES string of the molecule is CN(C(=O)C(c1ccccc1)c1ccccc1)c1ccccc1C(=O)NC1CCCCC1. The monoisotopic (exact) mass is 426 g/mol. The van der Waals surface area contributed by atoms with Gasteiger partial charge in [0.2, 0.25) is 5.91 Å². The van der Waals surface area contributed by atoms with Crippen LogP contribution in [0.2, 0.25) is 0 Å². The van der Waals surface area contributed by atoms with Gasteiger partial charge in [-0.15, -0.1) is 0 Å². The third-order valence-corrected chi connectivity index (χ3v) is 6.29. The molecule has 0 saturated heterocycles. The van der Waals surface area contributed by atoms with Gasteiger partial charge < -0.3 is 10.2 Å². The van der Waals surface area contributed by atoms with Gasteiger partial charge in [0.25, 0.3) is 5.91 Å². The highest BCUT2D eigenvalue weighted by Crippen LogP contribution is 2.30. The Morgan fingerprint density at radius 1 is 0.781 bits per heavy atom. The molecule has 0 spiro atoms. The Morgan fingerprint density at radius 2 is 1.31 bits per heavy atom. The number of likely N-dealkylation sites (N-methyl/N-ethyl adjacent to an activating group) is 1. The second kappa shape index (κ2) is 10.3. The molecule has 1 fully saturated rings. The highest BCUT2D eigenvalue weighted by atomic mass is 16.2. The molecule has 0 bridgehead atoms. The van der Waals surface area contributed by atoms with Crippen LogP contribution in [0.4, 0.5) is 5.69 Å². The van der Waals surface area contributed by atoms with Crippen LogP contribution < -0.4 is 10.2 Å². The molecule has 3 aromatic rings. The second-order valence-corrected chi connectivity index (χ2v) is 8.48. The summed E-state index contributed by atoms with van der Waals surface area (Å²) in [5, 5.41) is 3.19. The van der Waals surface area contributed by atoms with Crippen LogP contribution in [0.15, 0.2) is 84.9 Å². The number of nitrogens with one attached hydrogen (secondary N) is 1. The van der Waals surface area contributed by atoms with Crippen molar-refractivity contribution in [2.45, 2.75) is 44.1 Å². The first-order chi connectivity index (χ1) is 15.6. The van der Waals surface area contributed by atoms with Crippen molar-refractivity contribution in [2.75, 3.05) is 11.9 Å². The maximum atomic E-state index is 13.8. The van der Waals surface area contributed by atoms with Crippen molar-refractivity contribution in [1.29, 1.82) is 0 Å². The van der Waals surface area contributed by atoms with Crippen LogP contribution in [0.5, 0.6) is 0 Å². The Balaban J connectivity index is 1.63. The lowest BCUT2D eigenvalue weighted by Gasteiger charge is -2.27. The number of para-hydroxylation sites is 1. The summed E-state index contributed by atoms with van der Waals surface area (Å²) < 4.78 is 0. The van der Waals surface area contributed by atoms with Crippen LogP contribution in [0.3, 0.4) is 0 Å². The summed E-state index contributed by atoms with van der Waals surface area (Å²) in [4.78, 5) is 28.6. The minimum absolute atomic E-state index is 0.0692. The van der Waals surface area contributed by atoms with Crippen molar-refractivity contribution in [3.05, 3.63) is 102 Å². The first kappa shape index (κ1) is 21.8. The molecule has 0 unspecified atom stereocenters. The maximum Gasteiger partial charge on any atom is 0.253 e. The van der Waals surface area contributed by atoms with Crippen LogP contribution in [-0.2, 0) is 4.79 Å². The molecule has 1 N–H and O–H groups in total. The van der Waals surface area contributed by atoms with E-state index in [0.717, 1.165) is 36.8 Å². The van der Waals surface area contributed by atoms with Gasteiger partial charge in [0.05, 0.1) is 17.2 Å². The number of amides is 2. The van der Waals surface area contributed by atoms with Gasteiger partial charge in [0.1, 0.15) is 0 Å². The van der Waals surface area contributed by atoms with E-state index in [1.165, 1.54) is 6.42 Å². The number of hydrogen-bond acceptors (Lipinski definition) is 2. The fourth-order valence-corrected chi connectivity index (χ4v) is 4.55. The fourth-order valence-electron chi connectivity index (χ4n) is 4.55. The van der Waals surface area contributed by atoms with Gasteiger partial charge in [0, 0.05) is 13.1 Å². The van der Waals surface area contributed by atoms with E-state index >= 15 is 0 Å². The summed E-state index contributed by atoms with van der Waals surface area (Å²) in [6, 6.07) is 27.2. The van der Waals surface area contributed by atoms with Gasteiger partial charge in [-0.1, -0.05) is 92.1 Å². The lowest BCUT2D eigenvalue weighted by Crippen LogP contribution is -2.38. The van der Waals surface area contributed by atoms with Gasteiger partial charge in [-0.05, 0) is 36.1 Å². The normalized spacial score (nSPS) is 14.2. The molecule has 4 rings (SSSR count). The van der Waals surface area contributed by atoms with E-state index in [2.05, 4.69) is 5.32 Å². The summed E-state index contributed by atoms with van der Waals surface area (Å²) in [5.41, 5.74) is 3.02. The van der Waals surface area contributed by atoms with E-state index < -0.39 is 5.92 Å². The number of carbonyl (C=O) groups excluding carboxylic acids is 2. The molecule has 4 heteroatoms. The lowest BCUT2D eigenvalue weighted by atomic mass is 9.90. The molecular formula is C28H30N2O2. The van der Waals surface area contributed by atoms with E-state index in [1.54, 1.807) is 18.0 Å². The van der Waals surface area contributed by atoms with Gasteiger partial charge in [0.15, 0.2) is 0 Å². The molecule has 164 valence electrons. The summed E-state index contributed by atoms with van der Waals surface area (Å²) in [6.45, 7) is 0. The van der Waals surface area contributed by atoms with Gasteiger partial charge in [-0.2, -0.15) is 0 Å². The minimum Gasteiger partial charge on any atom is -0.349 e. The van der Waals surface area contributed by atoms with E-state index in [9.17, 15) is 9.59 Å². The number of nitrogens with zero attached hydrogens (tertiary/aromatic N) is 1. The molecule has 32 heavy (non-hydrogen) atoms. The number of hydrogen-bond donors (Lipinski definition) is 1. The van der Waals surface area contributed by atoms with Crippen LogP contribution in [0.25, 0.3) is 0 Å². The molecule has 1 aliphatic rings. The number of benzene rings is 3. The van der Waals surface area contributed by atoms with Crippen molar-refractivity contribution < 1.29 is 9.59 Å². The third-order valence-electron chi connectivity index (χ3n) is 6.29. The van der Waals surface area contributed by atoms with E-state index in [1.807, 2.05) is 78.9 Å². The number of anilines is 1. The van der Waals surface area contributed by atoms with Crippen LogP contribution >= 0.6 is 0 Å². The Hall–Kier alpha value is -3.40. The number of rotatable bonds is 6. The highest BCUT2D eigenvalue weighted by Gasteiger charge is 2.28. The fraction of sp³-hybridized carbons (Fsp3) is 0.286. The molecule has 0 aliphatic heterocycles. The zero-order valence-electron chi connectivity index (χ0n) is 18.5. The smallest absolute Gasteiger partial charge is 0.253 e.